The molecule has 1 heterocycles. The molecule has 0 radical (unpaired) electrons. The van der Waals surface area contributed by atoms with Gasteiger partial charge >= 0.3 is 0 Å². The van der Waals surface area contributed by atoms with Gasteiger partial charge < -0.3 is 15.2 Å². The number of nitrogens with zero attached hydrogens (tertiary/aromatic N) is 3. The topological polar surface area (TPSA) is 117 Å². The summed E-state index contributed by atoms with van der Waals surface area (Å²) < 4.78 is 32.0. The van der Waals surface area contributed by atoms with E-state index in [0.717, 1.165) is 73.4 Å². The van der Waals surface area contributed by atoms with E-state index < -0.39 is 10.0 Å². The smallest absolute Gasteiger partial charge is 0.262 e. The Balaban J connectivity index is 1.55. The summed E-state index contributed by atoms with van der Waals surface area (Å²) in [5, 5.41) is 7.58. The monoisotopic (exact) mass is 560 g/mol. The number of amidine groups is 1. The second-order valence-electron chi connectivity index (χ2n) is 9.98. The first-order valence-corrected chi connectivity index (χ1v) is 15.5. The predicted molar refractivity (Wildman–Crippen MR) is 164 cm³/mol. The summed E-state index contributed by atoms with van der Waals surface area (Å²) in [5.41, 5.74) is 10.5. The third-order valence-electron chi connectivity index (χ3n) is 7.28. The van der Waals surface area contributed by atoms with Gasteiger partial charge in [-0.15, -0.1) is 0 Å². The maximum atomic E-state index is 13.5. The van der Waals surface area contributed by atoms with Crippen LogP contribution in [0.4, 0.5) is 5.69 Å². The van der Waals surface area contributed by atoms with Crippen LogP contribution >= 0.6 is 0 Å². The zero-order chi connectivity index (χ0) is 28.7. The molecular formula is C31H40N6O2S. The lowest BCUT2D eigenvalue weighted by atomic mass is 10.1. The van der Waals surface area contributed by atoms with E-state index in [0.29, 0.717) is 22.6 Å². The van der Waals surface area contributed by atoms with E-state index >= 15 is 0 Å². The van der Waals surface area contributed by atoms with Crippen molar-refractivity contribution in [2.75, 3.05) is 24.4 Å². The highest BCUT2D eigenvalue weighted by Crippen LogP contribution is 2.25. The van der Waals surface area contributed by atoms with Crippen LogP contribution in [0, 0.1) is 5.41 Å². The Bertz CT molecular complexity index is 1560. The minimum absolute atomic E-state index is 0.0610. The number of rotatable bonds is 14. The maximum Gasteiger partial charge on any atom is 0.262 e. The summed E-state index contributed by atoms with van der Waals surface area (Å²) in [7, 11) is -3.77. The molecule has 0 saturated heterocycles. The van der Waals surface area contributed by atoms with Gasteiger partial charge in [0.2, 0.25) is 0 Å². The van der Waals surface area contributed by atoms with Crippen LogP contribution in [0.1, 0.15) is 49.7 Å². The van der Waals surface area contributed by atoms with Crippen molar-refractivity contribution in [3.8, 4) is 0 Å². The van der Waals surface area contributed by atoms with Gasteiger partial charge in [0.25, 0.3) is 10.0 Å². The second-order valence-corrected chi connectivity index (χ2v) is 11.6. The number of fused-ring (bicyclic) bond motifs is 1. The first-order chi connectivity index (χ1) is 19.2. The summed E-state index contributed by atoms with van der Waals surface area (Å²) in [4.78, 5) is 7.51. The number of nitrogen functional groups attached to an aromatic ring is 1. The number of nitrogens with two attached hydrogens (primary N) is 1. The van der Waals surface area contributed by atoms with Crippen molar-refractivity contribution in [1.82, 2.24) is 14.5 Å². The lowest BCUT2D eigenvalue weighted by molar-refractivity contribution is 0.307. The van der Waals surface area contributed by atoms with E-state index in [4.69, 9.17) is 16.1 Å². The van der Waals surface area contributed by atoms with Gasteiger partial charge in [-0.25, -0.2) is 13.4 Å². The highest BCUT2D eigenvalue weighted by atomic mass is 32.2. The van der Waals surface area contributed by atoms with Gasteiger partial charge in [-0.3, -0.25) is 10.1 Å². The number of hydrogen-bond donors (Lipinski definition) is 3. The van der Waals surface area contributed by atoms with Gasteiger partial charge in [-0.05, 0) is 67.7 Å². The van der Waals surface area contributed by atoms with Gasteiger partial charge in [0.15, 0.2) is 0 Å². The molecule has 0 atom stereocenters. The molecule has 4 rings (SSSR count). The van der Waals surface area contributed by atoms with E-state index in [2.05, 4.69) is 35.0 Å². The van der Waals surface area contributed by atoms with Crippen molar-refractivity contribution in [1.29, 1.82) is 5.41 Å². The highest BCUT2D eigenvalue weighted by molar-refractivity contribution is 7.92. The molecule has 3 aromatic carbocycles. The SMILES string of the molecule is CCCn1c(CCc2ccc(C(=N)N)cc2)nc2cc(NS(=O)(=O)c3ccccc3CCN(CC)CC)ccc21. The van der Waals surface area contributed by atoms with Crippen molar-refractivity contribution in [3.63, 3.8) is 0 Å². The number of hydrogen-bond acceptors (Lipinski definition) is 5. The van der Waals surface area contributed by atoms with E-state index in [1.165, 1.54) is 0 Å². The molecule has 0 aliphatic heterocycles. The third kappa shape index (κ3) is 6.89. The Hall–Kier alpha value is -3.69. The molecule has 9 heteroatoms. The van der Waals surface area contributed by atoms with Gasteiger partial charge in [0.1, 0.15) is 11.7 Å². The molecular weight excluding hydrogens is 520 g/mol. The summed E-state index contributed by atoms with van der Waals surface area (Å²) >= 11 is 0. The van der Waals surface area contributed by atoms with Crippen LogP contribution in [0.3, 0.4) is 0 Å². The lowest BCUT2D eigenvalue weighted by Crippen LogP contribution is -2.26. The van der Waals surface area contributed by atoms with Gasteiger partial charge in [0, 0.05) is 25.1 Å². The molecule has 0 aliphatic rings. The zero-order valence-corrected chi connectivity index (χ0v) is 24.5. The average Bonchev–Trinajstić information content (AvgIpc) is 3.29. The molecule has 4 aromatic rings. The van der Waals surface area contributed by atoms with E-state index in [1.54, 1.807) is 12.1 Å². The van der Waals surface area contributed by atoms with E-state index in [1.807, 2.05) is 54.6 Å². The number of likely N-dealkylation sites (N-methyl/N-ethyl adjacent to an activating group) is 1. The molecule has 8 nitrogen and oxygen atoms in total. The fraction of sp³-hybridized carbons (Fsp3) is 0.355. The quantitative estimate of drug-likeness (QED) is 0.145. The van der Waals surface area contributed by atoms with E-state index in [-0.39, 0.29) is 5.84 Å². The highest BCUT2D eigenvalue weighted by Gasteiger charge is 2.20. The summed E-state index contributed by atoms with van der Waals surface area (Å²) in [6.07, 6.45) is 3.18. The van der Waals surface area contributed by atoms with Crippen LogP contribution in [0.2, 0.25) is 0 Å². The van der Waals surface area contributed by atoms with Crippen LogP contribution in [0.15, 0.2) is 71.6 Å². The van der Waals surface area contributed by atoms with Crippen LogP contribution < -0.4 is 10.5 Å². The normalized spacial score (nSPS) is 11.8. The van der Waals surface area contributed by atoms with Crippen LogP contribution in [0.25, 0.3) is 11.0 Å². The van der Waals surface area contributed by atoms with Crippen molar-refractivity contribution in [2.45, 2.75) is 57.9 Å². The molecule has 0 fully saturated rings. The van der Waals surface area contributed by atoms with Crippen LogP contribution in [0.5, 0.6) is 0 Å². The molecule has 0 bridgehead atoms. The van der Waals surface area contributed by atoms with Gasteiger partial charge in [-0.1, -0.05) is 63.2 Å². The van der Waals surface area contributed by atoms with Crippen molar-refractivity contribution in [2.24, 2.45) is 5.73 Å². The fourth-order valence-electron chi connectivity index (χ4n) is 5.02. The van der Waals surface area contributed by atoms with Gasteiger partial charge in [-0.2, -0.15) is 0 Å². The minimum atomic E-state index is -3.77. The molecule has 0 amide bonds. The fourth-order valence-corrected chi connectivity index (χ4v) is 6.34. The summed E-state index contributed by atoms with van der Waals surface area (Å²) in [5.74, 6) is 1.03. The molecule has 0 spiro atoms. The first-order valence-electron chi connectivity index (χ1n) is 14.0. The van der Waals surface area contributed by atoms with Crippen molar-refractivity contribution in [3.05, 3.63) is 89.2 Å². The Morgan fingerprint density at radius 1 is 0.975 bits per heavy atom. The maximum absolute atomic E-state index is 13.5. The third-order valence-corrected chi connectivity index (χ3v) is 8.76. The number of nitrogens with one attached hydrogen (secondary N) is 2. The van der Waals surface area contributed by atoms with Crippen LogP contribution in [-0.4, -0.2) is 48.3 Å². The minimum Gasteiger partial charge on any atom is -0.384 e. The molecule has 1 aromatic heterocycles. The number of benzene rings is 3. The number of aryl methyl sites for hydroxylation is 3. The number of anilines is 1. The van der Waals surface area contributed by atoms with Crippen molar-refractivity contribution < 1.29 is 8.42 Å². The zero-order valence-electron chi connectivity index (χ0n) is 23.7. The Morgan fingerprint density at radius 2 is 1.70 bits per heavy atom. The Labute approximate surface area is 237 Å². The van der Waals surface area contributed by atoms with Crippen molar-refractivity contribution >= 4 is 32.6 Å². The summed E-state index contributed by atoms with van der Waals surface area (Å²) in [6, 6.07) is 20.6. The van der Waals surface area contributed by atoms with E-state index in [9.17, 15) is 8.42 Å². The van der Waals surface area contributed by atoms with Gasteiger partial charge in [0.05, 0.1) is 21.6 Å². The Morgan fingerprint density at radius 3 is 2.38 bits per heavy atom. The molecule has 40 heavy (non-hydrogen) atoms. The number of imidazole rings is 1. The van der Waals surface area contributed by atoms with Crippen LogP contribution in [-0.2, 0) is 35.8 Å². The predicted octanol–water partition coefficient (Wildman–Crippen LogP) is 5.20. The molecule has 0 unspecified atom stereocenters. The number of aromatic nitrogens is 2. The first kappa shape index (κ1) is 29.3. The largest absolute Gasteiger partial charge is 0.384 e. The molecule has 212 valence electrons. The lowest BCUT2D eigenvalue weighted by Gasteiger charge is -2.19. The second kappa shape index (κ2) is 13.1. The summed E-state index contributed by atoms with van der Waals surface area (Å²) in [6.45, 7) is 9.87. The molecule has 0 aliphatic carbocycles. The average molecular weight is 561 g/mol. The standard InChI is InChI=1S/C31H40N6O2S/c1-4-20-37-28-17-16-26(22-27(28)34-30(37)18-13-23-11-14-25(15-12-23)31(32)33)35-40(38,39)29-10-8-7-9-24(29)19-21-36(5-2)6-3/h7-12,14-17,22,35H,4-6,13,18-21H2,1-3H3,(H3,32,33). The number of sulfonamides is 1. The Kier molecular flexibility index (Phi) is 9.60. The molecule has 4 N–H and O–H groups in total. The molecule has 0 saturated carbocycles.